The third kappa shape index (κ3) is 5.74. The van der Waals surface area contributed by atoms with Crippen LogP contribution in [0.15, 0.2) is 24.3 Å². The number of nitrogens with one attached hydrogen (secondary N) is 1. The summed E-state index contributed by atoms with van der Waals surface area (Å²) >= 11 is 8.14. The molecule has 1 aliphatic rings. The van der Waals surface area contributed by atoms with E-state index in [4.69, 9.17) is 11.6 Å². The van der Waals surface area contributed by atoms with Gasteiger partial charge in [0.2, 0.25) is 0 Å². The Labute approximate surface area is 125 Å². The van der Waals surface area contributed by atoms with E-state index in [0.717, 1.165) is 23.4 Å². The molecule has 4 heteroatoms. The van der Waals surface area contributed by atoms with E-state index in [9.17, 15) is 0 Å². The van der Waals surface area contributed by atoms with Gasteiger partial charge in [0.05, 0.1) is 0 Å². The Morgan fingerprint density at radius 2 is 2.16 bits per heavy atom. The van der Waals surface area contributed by atoms with Crippen LogP contribution in [0.4, 0.5) is 0 Å². The molecule has 1 aliphatic heterocycles. The lowest BCUT2D eigenvalue weighted by molar-refractivity contribution is 0.348. The molecule has 1 heterocycles. The number of benzene rings is 1. The quantitative estimate of drug-likeness (QED) is 0.868. The van der Waals surface area contributed by atoms with Crippen molar-refractivity contribution < 1.29 is 0 Å². The summed E-state index contributed by atoms with van der Waals surface area (Å²) in [6.07, 6.45) is 2.64. The van der Waals surface area contributed by atoms with Gasteiger partial charge in [0.15, 0.2) is 0 Å². The number of piperidine rings is 1. The van der Waals surface area contributed by atoms with Gasteiger partial charge in [-0.05, 0) is 50.7 Å². The van der Waals surface area contributed by atoms with Gasteiger partial charge in [-0.15, -0.1) is 0 Å². The van der Waals surface area contributed by atoms with Gasteiger partial charge >= 0.3 is 0 Å². The molecule has 1 aromatic carbocycles. The average molecular weight is 299 g/mol. The van der Waals surface area contributed by atoms with E-state index in [1.54, 1.807) is 0 Å². The SMILES string of the molecule is CN(CCSC1CCNCC1)Cc1cccc(Cl)c1. The number of thioether (sulfide) groups is 1. The summed E-state index contributed by atoms with van der Waals surface area (Å²) in [5, 5.41) is 5.11. The van der Waals surface area contributed by atoms with Crippen molar-refractivity contribution in [3.8, 4) is 0 Å². The smallest absolute Gasteiger partial charge is 0.0409 e. The van der Waals surface area contributed by atoms with Crippen LogP contribution in [0, 0.1) is 0 Å². The summed E-state index contributed by atoms with van der Waals surface area (Å²) in [5.74, 6) is 1.22. The van der Waals surface area contributed by atoms with Crippen LogP contribution in [0.2, 0.25) is 5.02 Å². The molecule has 0 bridgehead atoms. The normalized spacial score (nSPS) is 17.0. The summed E-state index contributed by atoms with van der Waals surface area (Å²) in [6, 6.07) is 8.15. The lowest BCUT2D eigenvalue weighted by Crippen LogP contribution is -2.30. The van der Waals surface area contributed by atoms with Crippen molar-refractivity contribution in [3.05, 3.63) is 34.9 Å². The van der Waals surface area contributed by atoms with Gasteiger partial charge < -0.3 is 10.2 Å². The van der Waals surface area contributed by atoms with Gasteiger partial charge in [0.1, 0.15) is 0 Å². The highest BCUT2D eigenvalue weighted by Crippen LogP contribution is 2.20. The predicted octanol–water partition coefficient (Wildman–Crippen LogP) is 3.26. The second-order valence-electron chi connectivity index (χ2n) is 5.19. The molecule has 0 saturated carbocycles. The molecule has 2 nitrogen and oxygen atoms in total. The van der Waals surface area contributed by atoms with Crippen LogP contribution in [0.5, 0.6) is 0 Å². The molecular formula is C15H23ClN2S. The van der Waals surface area contributed by atoms with Gasteiger partial charge in [-0.25, -0.2) is 0 Å². The number of hydrogen-bond acceptors (Lipinski definition) is 3. The lowest BCUT2D eigenvalue weighted by Gasteiger charge is -2.23. The van der Waals surface area contributed by atoms with E-state index >= 15 is 0 Å². The molecule has 0 aromatic heterocycles. The van der Waals surface area contributed by atoms with Crippen molar-refractivity contribution in [1.82, 2.24) is 10.2 Å². The number of hydrogen-bond donors (Lipinski definition) is 1. The minimum atomic E-state index is 0.829. The molecule has 1 N–H and O–H groups in total. The van der Waals surface area contributed by atoms with E-state index < -0.39 is 0 Å². The van der Waals surface area contributed by atoms with Crippen molar-refractivity contribution in [1.29, 1.82) is 0 Å². The molecule has 0 atom stereocenters. The molecule has 1 aromatic rings. The maximum Gasteiger partial charge on any atom is 0.0409 e. The van der Waals surface area contributed by atoms with Gasteiger partial charge in [-0.1, -0.05) is 23.7 Å². The Kier molecular flexibility index (Phi) is 6.51. The van der Waals surface area contributed by atoms with E-state index in [0.29, 0.717) is 0 Å². The van der Waals surface area contributed by atoms with Crippen molar-refractivity contribution in [2.24, 2.45) is 0 Å². The molecule has 106 valence electrons. The average Bonchev–Trinajstić information content (AvgIpc) is 2.40. The molecule has 0 amide bonds. The Bertz CT molecular complexity index is 380. The first-order chi connectivity index (χ1) is 9.24. The zero-order chi connectivity index (χ0) is 13.5. The van der Waals surface area contributed by atoms with Crippen LogP contribution in [-0.4, -0.2) is 42.6 Å². The highest BCUT2D eigenvalue weighted by atomic mass is 35.5. The van der Waals surface area contributed by atoms with Crippen molar-refractivity contribution in [2.45, 2.75) is 24.6 Å². The Hall–Kier alpha value is -0.220. The first-order valence-corrected chi connectivity index (χ1v) is 8.42. The van der Waals surface area contributed by atoms with Crippen LogP contribution >= 0.6 is 23.4 Å². The monoisotopic (exact) mass is 298 g/mol. The number of nitrogens with zero attached hydrogens (tertiary/aromatic N) is 1. The van der Waals surface area contributed by atoms with Crippen LogP contribution in [-0.2, 0) is 6.54 Å². The fourth-order valence-electron chi connectivity index (χ4n) is 2.36. The van der Waals surface area contributed by atoms with E-state index in [-0.39, 0.29) is 0 Å². The second-order valence-corrected chi connectivity index (χ2v) is 7.03. The zero-order valence-corrected chi connectivity index (χ0v) is 13.1. The minimum Gasteiger partial charge on any atom is -0.317 e. The van der Waals surface area contributed by atoms with E-state index in [1.807, 2.05) is 12.1 Å². The summed E-state index contributed by atoms with van der Waals surface area (Å²) < 4.78 is 0. The molecule has 1 fully saturated rings. The first kappa shape index (κ1) is 15.2. The second kappa shape index (κ2) is 8.15. The van der Waals surface area contributed by atoms with Gasteiger partial charge in [-0.3, -0.25) is 0 Å². The summed E-state index contributed by atoms with van der Waals surface area (Å²) in [4.78, 5) is 2.37. The third-order valence-corrected chi connectivity index (χ3v) is 5.05. The fourth-order valence-corrected chi connectivity index (χ4v) is 3.90. The summed E-state index contributed by atoms with van der Waals surface area (Å²) in [5.41, 5.74) is 1.29. The Balaban J connectivity index is 1.65. The molecule has 0 radical (unpaired) electrons. The lowest BCUT2D eigenvalue weighted by atomic mass is 10.2. The van der Waals surface area contributed by atoms with Crippen molar-refractivity contribution in [2.75, 3.05) is 32.4 Å². The Morgan fingerprint density at radius 3 is 2.89 bits per heavy atom. The Morgan fingerprint density at radius 1 is 1.37 bits per heavy atom. The molecule has 0 unspecified atom stereocenters. The van der Waals surface area contributed by atoms with Gasteiger partial charge in [0, 0.05) is 29.1 Å². The molecule has 19 heavy (non-hydrogen) atoms. The van der Waals surface area contributed by atoms with Gasteiger partial charge in [-0.2, -0.15) is 11.8 Å². The summed E-state index contributed by atoms with van der Waals surface area (Å²) in [7, 11) is 2.18. The largest absolute Gasteiger partial charge is 0.317 e. The fraction of sp³-hybridized carbons (Fsp3) is 0.600. The molecule has 1 saturated heterocycles. The molecular weight excluding hydrogens is 276 g/mol. The standard InChI is InChI=1S/C15H23ClN2S/c1-18(12-13-3-2-4-14(16)11-13)9-10-19-15-5-7-17-8-6-15/h2-4,11,15,17H,5-10,12H2,1H3. The van der Waals surface area contributed by atoms with Crippen LogP contribution in [0.25, 0.3) is 0 Å². The highest BCUT2D eigenvalue weighted by Gasteiger charge is 2.13. The first-order valence-electron chi connectivity index (χ1n) is 6.99. The maximum atomic E-state index is 6.01. The van der Waals surface area contributed by atoms with E-state index in [1.165, 1.54) is 37.2 Å². The van der Waals surface area contributed by atoms with Crippen LogP contribution < -0.4 is 5.32 Å². The zero-order valence-electron chi connectivity index (χ0n) is 11.6. The van der Waals surface area contributed by atoms with Crippen LogP contribution in [0.3, 0.4) is 0 Å². The number of halogens is 1. The third-order valence-electron chi connectivity index (χ3n) is 3.45. The maximum absolute atomic E-state index is 6.01. The number of rotatable bonds is 6. The topological polar surface area (TPSA) is 15.3 Å². The van der Waals surface area contributed by atoms with E-state index in [2.05, 4.69) is 41.2 Å². The van der Waals surface area contributed by atoms with Crippen LogP contribution in [0.1, 0.15) is 18.4 Å². The molecule has 0 aliphatic carbocycles. The molecule has 2 rings (SSSR count). The minimum absolute atomic E-state index is 0.829. The van der Waals surface area contributed by atoms with Gasteiger partial charge in [0.25, 0.3) is 0 Å². The highest BCUT2D eigenvalue weighted by molar-refractivity contribution is 7.99. The van der Waals surface area contributed by atoms with Crippen molar-refractivity contribution >= 4 is 23.4 Å². The molecule has 0 spiro atoms. The summed E-state index contributed by atoms with van der Waals surface area (Å²) in [6.45, 7) is 4.50. The van der Waals surface area contributed by atoms with Crippen molar-refractivity contribution in [3.63, 3.8) is 0 Å². The predicted molar refractivity (Wildman–Crippen MR) is 86.1 cm³/mol.